The molecule has 0 aliphatic carbocycles. The molecular weight excluding hydrogens is 256 g/mol. The van der Waals surface area contributed by atoms with Crippen molar-refractivity contribution in [3.8, 4) is 0 Å². The molecule has 1 unspecified atom stereocenters. The smallest absolute Gasteiger partial charge is 0.303 e. The van der Waals surface area contributed by atoms with Crippen molar-refractivity contribution in [2.24, 2.45) is 5.41 Å². The molecule has 0 saturated carbocycles. The summed E-state index contributed by atoms with van der Waals surface area (Å²) in [5.74, 6) is -0.773. The van der Waals surface area contributed by atoms with Gasteiger partial charge in [0.15, 0.2) is 0 Å². The van der Waals surface area contributed by atoms with E-state index in [2.05, 4.69) is 24.5 Å². The third-order valence-electron chi connectivity index (χ3n) is 3.16. The highest BCUT2D eigenvalue weighted by Gasteiger charge is 2.21. The number of aliphatic carboxylic acids is 1. The Bertz CT molecular complexity index is 333. The van der Waals surface area contributed by atoms with E-state index >= 15 is 0 Å². The van der Waals surface area contributed by atoms with Crippen LogP contribution in [0.2, 0.25) is 0 Å². The molecule has 0 aromatic heterocycles. The van der Waals surface area contributed by atoms with Crippen molar-refractivity contribution in [3.63, 3.8) is 0 Å². The fraction of sp³-hybridized carbons (Fsp3) is 0.867. The van der Waals surface area contributed by atoms with Gasteiger partial charge < -0.3 is 15.7 Å². The molecule has 1 amide bonds. The number of hydrogen-bond acceptors (Lipinski definition) is 3. The quantitative estimate of drug-likeness (QED) is 0.639. The van der Waals surface area contributed by atoms with Gasteiger partial charge in [-0.25, -0.2) is 0 Å². The second-order valence-corrected chi connectivity index (χ2v) is 7.22. The molecule has 0 radical (unpaired) electrons. The third kappa shape index (κ3) is 9.78. The Balaban J connectivity index is 4.04. The normalized spacial score (nSPS) is 13.9. The number of carbonyl (C=O) groups is 2. The first-order valence-corrected chi connectivity index (χ1v) is 7.20. The fourth-order valence-corrected chi connectivity index (χ4v) is 1.77. The number of hydrogen-bond donors (Lipinski definition) is 3. The van der Waals surface area contributed by atoms with Gasteiger partial charge in [0.2, 0.25) is 5.91 Å². The van der Waals surface area contributed by atoms with Crippen molar-refractivity contribution < 1.29 is 14.7 Å². The van der Waals surface area contributed by atoms with Gasteiger partial charge in [0.05, 0.1) is 6.04 Å². The molecule has 0 rings (SSSR count). The Morgan fingerprint density at radius 2 is 1.65 bits per heavy atom. The Labute approximate surface area is 122 Å². The number of amides is 1. The van der Waals surface area contributed by atoms with Gasteiger partial charge in [0.25, 0.3) is 0 Å². The molecule has 20 heavy (non-hydrogen) atoms. The maximum atomic E-state index is 11.9. The number of carboxylic acid groups (broad SMARTS) is 1. The summed E-state index contributed by atoms with van der Waals surface area (Å²) >= 11 is 0. The van der Waals surface area contributed by atoms with Crippen molar-refractivity contribution in [2.75, 3.05) is 6.54 Å². The average Bonchev–Trinajstić information content (AvgIpc) is 2.23. The van der Waals surface area contributed by atoms with E-state index < -0.39 is 5.97 Å². The van der Waals surface area contributed by atoms with Crippen molar-refractivity contribution >= 4 is 11.9 Å². The topological polar surface area (TPSA) is 78.4 Å². The standard InChI is InChI=1S/C15H30N2O3/c1-11(13(20)17-14(2,3)4)16-10-9-15(5,6)8-7-12(18)19/h11,16H,7-10H2,1-6H3,(H,17,20)(H,18,19). The summed E-state index contributed by atoms with van der Waals surface area (Å²) in [4.78, 5) is 22.5. The van der Waals surface area contributed by atoms with Crippen LogP contribution in [0.15, 0.2) is 0 Å². The number of rotatable bonds is 8. The zero-order chi connectivity index (χ0) is 16.0. The van der Waals surface area contributed by atoms with Crippen LogP contribution in [0.1, 0.15) is 60.8 Å². The van der Waals surface area contributed by atoms with E-state index in [1.807, 2.05) is 27.7 Å². The third-order valence-corrected chi connectivity index (χ3v) is 3.16. The molecular formula is C15H30N2O3. The molecule has 5 nitrogen and oxygen atoms in total. The van der Waals surface area contributed by atoms with Crippen LogP contribution in [0.5, 0.6) is 0 Å². The van der Waals surface area contributed by atoms with Crippen LogP contribution in [0.25, 0.3) is 0 Å². The zero-order valence-electron chi connectivity index (χ0n) is 13.7. The lowest BCUT2D eigenvalue weighted by Gasteiger charge is -2.26. The number of carbonyl (C=O) groups excluding carboxylic acids is 1. The molecule has 5 heteroatoms. The summed E-state index contributed by atoms with van der Waals surface area (Å²) in [6.45, 7) is 12.5. The first kappa shape index (κ1) is 18.9. The lowest BCUT2D eigenvalue weighted by atomic mass is 9.84. The largest absolute Gasteiger partial charge is 0.481 e. The van der Waals surface area contributed by atoms with Gasteiger partial charge in [-0.3, -0.25) is 9.59 Å². The monoisotopic (exact) mass is 286 g/mol. The molecule has 3 N–H and O–H groups in total. The average molecular weight is 286 g/mol. The van der Waals surface area contributed by atoms with Crippen LogP contribution in [0.3, 0.4) is 0 Å². The minimum Gasteiger partial charge on any atom is -0.481 e. The molecule has 0 aliphatic rings. The highest BCUT2D eigenvalue weighted by atomic mass is 16.4. The highest BCUT2D eigenvalue weighted by molar-refractivity contribution is 5.81. The van der Waals surface area contributed by atoms with Gasteiger partial charge in [0, 0.05) is 12.0 Å². The maximum absolute atomic E-state index is 11.9. The number of carboxylic acids is 1. The first-order chi connectivity index (χ1) is 8.93. The van der Waals surface area contributed by atoms with E-state index in [4.69, 9.17) is 5.11 Å². The molecule has 0 aromatic rings. The van der Waals surface area contributed by atoms with Gasteiger partial charge in [-0.2, -0.15) is 0 Å². The van der Waals surface area contributed by atoms with Crippen LogP contribution in [0, 0.1) is 5.41 Å². The Hall–Kier alpha value is -1.10. The van der Waals surface area contributed by atoms with Gasteiger partial charge in [-0.15, -0.1) is 0 Å². The molecule has 118 valence electrons. The lowest BCUT2D eigenvalue weighted by Crippen LogP contribution is -2.49. The summed E-state index contributed by atoms with van der Waals surface area (Å²) in [6.07, 6.45) is 1.67. The fourth-order valence-electron chi connectivity index (χ4n) is 1.77. The molecule has 0 fully saturated rings. The van der Waals surface area contributed by atoms with Crippen LogP contribution in [0.4, 0.5) is 0 Å². The van der Waals surface area contributed by atoms with Crippen LogP contribution >= 0.6 is 0 Å². The van der Waals surface area contributed by atoms with Crippen LogP contribution in [-0.4, -0.2) is 35.1 Å². The van der Waals surface area contributed by atoms with E-state index in [-0.39, 0.29) is 29.3 Å². The second-order valence-electron chi connectivity index (χ2n) is 7.22. The molecule has 0 aliphatic heterocycles. The summed E-state index contributed by atoms with van der Waals surface area (Å²) in [5, 5.41) is 14.8. The minimum atomic E-state index is -0.760. The van der Waals surface area contributed by atoms with Crippen molar-refractivity contribution in [1.29, 1.82) is 0 Å². The molecule has 0 aromatic carbocycles. The molecule has 0 bridgehead atoms. The van der Waals surface area contributed by atoms with Crippen LogP contribution in [-0.2, 0) is 9.59 Å². The minimum absolute atomic E-state index is 0.0131. The Kier molecular flexibility index (Phi) is 7.20. The SMILES string of the molecule is CC(NCCC(C)(C)CCC(=O)O)C(=O)NC(C)(C)C. The second kappa shape index (κ2) is 7.62. The first-order valence-electron chi connectivity index (χ1n) is 7.20. The van der Waals surface area contributed by atoms with Gasteiger partial charge in [-0.05, 0) is 52.5 Å². The summed E-state index contributed by atoms with van der Waals surface area (Å²) < 4.78 is 0. The molecule has 0 heterocycles. The van der Waals surface area contributed by atoms with Gasteiger partial charge in [-0.1, -0.05) is 13.8 Å². The van der Waals surface area contributed by atoms with E-state index in [1.165, 1.54) is 0 Å². The molecule has 1 atom stereocenters. The summed E-state index contributed by atoms with van der Waals surface area (Å²) in [5.41, 5.74) is -0.264. The predicted molar refractivity (Wildman–Crippen MR) is 80.6 cm³/mol. The Morgan fingerprint density at radius 3 is 2.10 bits per heavy atom. The van der Waals surface area contributed by atoms with Crippen molar-refractivity contribution in [1.82, 2.24) is 10.6 Å². The van der Waals surface area contributed by atoms with Crippen molar-refractivity contribution in [3.05, 3.63) is 0 Å². The van der Waals surface area contributed by atoms with E-state index in [9.17, 15) is 9.59 Å². The van der Waals surface area contributed by atoms with E-state index in [0.29, 0.717) is 13.0 Å². The lowest BCUT2D eigenvalue weighted by molar-refractivity contribution is -0.137. The van der Waals surface area contributed by atoms with E-state index in [0.717, 1.165) is 6.42 Å². The van der Waals surface area contributed by atoms with Gasteiger partial charge >= 0.3 is 5.97 Å². The van der Waals surface area contributed by atoms with Gasteiger partial charge in [0.1, 0.15) is 0 Å². The predicted octanol–water partition coefficient (Wildman–Crippen LogP) is 2.16. The molecule has 0 saturated heterocycles. The van der Waals surface area contributed by atoms with Crippen LogP contribution < -0.4 is 10.6 Å². The molecule has 0 spiro atoms. The number of nitrogens with one attached hydrogen (secondary N) is 2. The Morgan fingerprint density at radius 1 is 1.10 bits per heavy atom. The maximum Gasteiger partial charge on any atom is 0.303 e. The van der Waals surface area contributed by atoms with E-state index in [1.54, 1.807) is 0 Å². The van der Waals surface area contributed by atoms with Crippen molar-refractivity contribution in [2.45, 2.75) is 72.4 Å². The highest BCUT2D eigenvalue weighted by Crippen LogP contribution is 2.26. The summed E-state index contributed by atoms with van der Waals surface area (Å²) in [7, 11) is 0. The summed E-state index contributed by atoms with van der Waals surface area (Å²) in [6, 6.07) is -0.246. The zero-order valence-corrected chi connectivity index (χ0v) is 13.7.